The van der Waals surface area contributed by atoms with Gasteiger partial charge in [-0.1, -0.05) is 17.7 Å². The molecule has 19 heavy (non-hydrogen) atoms. The number of halogens is 2. The molecule has 3 nitrogen and oxygen atoms in total. The van der Waals surface area contributed by atoms with E-state index in [9.17, 15) is 0 Å². The zero-order valence-electron chi connectivity index (χ0n) is 10.8. The second kappa shape index (κ2) is 6.55. The average molecular weight is 316 g/mol. The maximum atomic E-state index is 6.10. The molecule has 0 amide bonds. The van der Waals surface area contributed by atoms with Crippen LogP contribution in [0.1, 0.15) is 24.3 Å². The standard InChI is InChI=1S/C13H15Cl2N3S/c1-9(2)18(7-10-4-3-5-19-10)13-11(6-14)12(15)16-8-17-13/h3-5,8-9H,6-7H2,1-2H3. The van der Waals surface area contributed by atoms with Crippen molar-refractivity contribution in [3.63, 3.8) is 0 Å². The summed E-state index contributed by atoms with van der Waals surface area (Å²) in [5, 5.41) is 2.50. The Kier molecular flexibility index (Phi) is 5.02. The number of alkyl halides is 1. The number of nitrogens with zero attached hydrogens (tertiary/aromatic N) is 3. The fraction of sp³-hybridized carbons (Fsp3) is 0.385. The monoisotopic (exact) mass is 315 g/mol. The highest BCUT2D eigenvalue weighted by molar-refractivity contribution is 7.09. The molecule has 0 radical (unpaired) electrons. The third-order valence-corrected chi connectivity index (χ3v) is 4.26. The van der Waals surface area contributed by atoms with Crippen LogP contribution in [0, 0.1) is 0 Å². The van der Waals surface area contributed by atoms with Gasteiger partial charge in [-0.2, -0.15) is 0 Å². The van der Waals surface area contributed by atoms with E-state index in [0.29, 0.717) is 17.1 Å². The minimum Gasteiger partial charge on any atom is -0.349 e. The van der Waals surface area contributed by atoms with Crippen LogP contribution in [-0.4, -0.2) is 16.0 Å². The van der Waals surface area contributed by atoms with Crippen LogP contribution in [0.25, 0.3) is 0 Å². The van der Waals surface area contributed by atoms with Gasteiger partial charge in [0, 0.05) is 16.5 Å². The van der Waals surface area contributed by atoms with Gasteiger partial charge in [0.15, 0.2) is 0 Å². The second-order valence-electron chi connectivity index (χ2n) is 4.40. The van der Waals surface area contributed by atoms with Crippen molar-refractivity contribution in [2.75, 3.05) is 4.90 Å². The lowest BCUT2D eigenvalue weighted by atomic mass is 10.2. The van der Waals surface area contributed by atoms with Crippen LogP contribution in [0.3, 0.4) is 0 Å². The summed E-state index contributed by atoms with van der Waals surface area (Å²) in [6.45, 7) is 5.05. The lowest BCUT2D eigenvalue weighted by molar-refractivity contribution is 0.672. The first-order valence-corrected chi connectivity index (χ1v) is 7.77. The van der Waals surface area contributed by atoms with Crippen molar-refractivity contribution in [2.45, 2.75) is 32.3 Å². The predicted octanol–water partition coefficient (Wildman–Crippen LogP) is 4.35. The lowest BCUT2D eigenvalue weighted by Gasteiger charge is -2.29. The van der Waals surface area contributed by atoms with Gasteiger partial charge in [0.25, 0.3) is 0 Å². The van der Waals surface area contributed by atoms with Crippen molar-refractivity contribution in [3.8, 4) is 0 Å². The first-order valence-electron chi connectivity index (χ1n) is 5.97. The van der Waals surface area contributed by atoms with E-state index >= 15 is 0 Å². The Morgan fingerprint density at radius 2 is 2.16 bits per heavy atom. The number of anilines is 1. The van der Waals surface area contributed by atoms with Gasteiger partial charge in [-0.25, -0.2) is 9.97 Å². The number of hydrogen-bond acceptors (Lipinski definition) is 4. The zero-order valence-corrected chi connectivity index (χ0v) is 13.1. The van der Waals surface area contributed by atoms with Gasteiger partial charge < -0.3 is 4.90 Å². The van der Waals surface area contributed by atoms with E-state index in [0.717, 1.165) is 17.9 Å². The van der Waals surface area contributed by atoms with E-state index in [2.05, 4.69) is 40.2 Å². The molecule has 0 fully saturated rings. The summed E-state index contributed by atoms with van der Waals surface area (Å²) in [4.78, 5) is 11.8. The number of aromatic nitrogens is 2. The average Bonchev–Trinajstić information content (AvgIpc) is 2.88. The number of rotatable bonds is 5. The maximum Gasteiger partial charge on any atom is 0.138 e. The molecule has 2 heterocycles. The summed E-state index contributed by atoms with van der Waals surface area (Å²) in [7, 11) is 0. The molecule has 0 aliphatic heterocycles. The molecule has 0 spiro atoms. The SMILES string of the molecule is CC(C)N(Cc1cccs1)c1ncnc(Cl)c1CCl. The molecule has 0 atom stereocenters. The second-order valence-corrected chi connectivity index (χ2v) is 6.06. The number of hydrogen-bond donors (Lipinski definition) is 0. The highest BCUT2D eigenvalue weighted by atomic mass is 35.5. The molecule has 2 aromatic rings. The van der Waals surface area contributed by atoms with Crippen molar-refractivity contribution in [2.24, 2.45) is 0 Å². The largest absolute Gasteiger partial charge is 0.349 e. The predicted molar refractivity (Wildman–Crippen MR) is 82.2 cm³/mol. The van der Waals surface area contributed by atoms with E-state index in [4.69, 9.17) is 23.2 Å². The summed E-state index contributed by atoms with van der Waals surface area (Å²) in [5.74, 6) is 1.13. The zero-order chi connectivity index (χ0) is 13.8. The molecule has 6 heteroatoms. The van der Waals surface area contributed by atoms with Gasteiger partial charge in [0.2, 0.25) is 0 Å². The van der Waals surface area contributed by atoms with Gasteiger partial charge in [-0.15, -0.1) is 22.9 Å². The third-order valence-electron chi connectivity index (χ3n) is 2.81. The fourth-order valence-corrected chi connectivity index (χ4v) is 3.03. The van der Waals surface area contributed by atoms with Crippen LogP contribution in [0.5, 0.6) is 0 Å². The van der Waals surface area contributed by atoms with Crippen LogP contribution < -0.4 is 4.90 Å². The first-order chi connectivity index (χ1) is 9.13. The summed E-state index contributed by atoms with van der Waals surface area (Å²) in [6, 6.07) is 4.46. The van der Waals surface area contributed by atoms with Crippen molar-refractivity contribution >= 4 is 40.4 Å². The highest BCUT2D eigenvalue weighted by Gasteiger charge is 2.19. The molecular weight excluding hydrogens is 301 g/mol. The van der Waals surface area contributed by atoms with Gasteiger partial charge in [0.1, 0.15) is 17.3 Å². The lowest BCUT2D eigenvalue weighted by Crippen LogP contribution is -2.31. The van der Waals surface area contributed by atoms with Crippen LogP contribution in [0.15, 0.2) is 23.8 Å². The molecule has 2 rings (SSSR count). The Morgan fingerprint density at radius 1 is 1.37 bits per heavy atom. The molecule has 0 aliphatic rings. The Balaban J connectivity index is 2.36. The van der Waals surface area contributed by atoms with Crippen molar-refractivity contribution in [1.82, 2.24) is 9.97 Å². The van der Waals surface area contributed by atoms with E-state index < -0.39 is 0 Å². The van der Waals surface area contributed by atoms with Crippen LogP contribution in [-0.2, 0) is 12.4 Å². The molecule has 0 aliphatic carbocycles. The van der Waals surface area contributed by atoms with E-state index in [1.165, 1.54) is 11.2 Å². The molecule has 0 aromatic carbocycles. The van der Waals surface area contributed by atoms with Gasteiger partial charge >= 0.3 is 0 Å². The van der Waals surface area contributed by atoms with E-state index in [1.807, 2.05) is 6.07 Å². The molecule has 2 aromatic heterocycles. The highest BCUT2D eigenvalue weighted by Crippen LogP contribution is 2.28. The fourth-order valence-electron chi connectivity index (χ4n) is 1.82. The summed E-state index contributed by atoms with van der Waals surface area (Å²) < 4.78 is 0. The van der Waals surface area contributed by atoms with Gasteiger partial charge in [-0.05, 0) is 25.3 Å². The van der Waals surface area contributed by atoms with Crippen LogP contribution >= 0.6 is 34.5 Å². The van der Waals surface area contributed by atoms with Crippen LogP contribution in [0.2, 0.25) is 5.15 Å². The minimum absolute atomic E-state index is 0.301. The molecule has 102 valence electrons. The topological polar surface area (TPSA) is 29.0 Å². The Labute approximate surface area is 127 Å². The van der Waals surface area contributed by atoms with Crippen molar-refractivity contribution in [1.29, 1.82) is 0 Å². The molecule has 0 N–H and O–H groups in total. The van der Waals surface area contributed by atoms with Gasteiger partial charge in [0.05, 0.1) is 12.4 Å². The van der Waals surface area contributed by atoms with Gasteiger partial charge in [-0.3, -0.25) is 0 Å². The summed E-state index contributed by atoms with van der Waals surface area (Å²) >= 11 is 13.8. The summed E-state index contributed by atoms with van der Waals surface area (Å²) in [6.07, 6.45) is 1.48. The summed E-state index contributed by atoms with van der Waals surface area (Å²) in [5.41, 5.74) is 0.788. The first kappa shape index (κ1) is 14.6. The third kappa shape index (κ3) is 3.38. The molecule has 0 saturated carbocycles. The van der Waals surface area contributed by atoms with E-state index in [1.54, 1.807) is 11.3 Å². The Morgan fingerprint density at radius 3 is 2.74 bits per heavy atom. The quantitative estimate of drug-likeness (QED) is 0.607. The van der Waals surface area contributed by atoms with E-state index in [-0.39, 0.29) is 0 Å². The molecular formula is C13H15Cl2N3S. The molecule has 0 saturated heterocycles. The minimum atomic E-state index is 0.301. The Bertz CT molecular complexity index is 529. The Hall–Kier alpha value is -0.840. The smallest absolute Gasteiger partial charge is 0.138 e. The van der Waals surface area contributed by atoms with Crippen LogP contribution in [0.4, 0.5) is 5.82 Å². The maximum absolute atomic E-state index is 6.10. The van der Waals surface area contributed by atoms with Crippen molar-refractivity contribution < 1.29 is 0 Å². The van der Waals surface area contributed by atoms with Crippen molar-refractivity contribution in [3.05, 3.63) is 39.4 Å². The normalized spacial score (nSPS) is 11.0. The molecule has 0 bridgehead atoms. The number of thiophene rings is 1. The molecule has 0 unspecified atom stereocenters.